The van der Waals surface area contributed by atoms with Crippen LogP contribution in [0.25, 0.3) is 11.4 Å². The maximum Gasteiger partial charge on any atom is 0.241 e. The van der Waals surface area contributed by atoms with Crippen LogP contribution in [0.4, 0.5) is 10.1 Å². The van der Waals surface area contributed by atoms with E-state index in [1.54, 1.807) is 43.0 Å². The van der Waals surface area contributed by atoms with Crippen LogP contribution in [0.1, 0.15) is 18.4 Å². The van der Waals surface area contributed by atoms with Crippen LogP contribution in [0, 0.1) is 19.7 Å². The highest BCUT2D eigenvalue weighted by molar-refractivity contribution is 7.89. The molecule has 0 bridgehead atoms. The summed E-state index contributed by atoms with van der Waals surface area (Å²) in [5.74, 6) is 0.0609. The monoisotopic (exact) mass is 487 g/mol. The minimum absolute atomic E-state index is 0.0493. The predicted octanol–water partition coefficient (Wildman–Crippen LogP) is 2.51. The van der Waals surface area contributed by atoms with Crippen LogP contribution in [0.2, 0.25) is 0 Å². The second kappa shape index (κ2) is 9.51. The lowest BCUT2D eigenvalue weighted by atomic mass is 10.1. The van der Waals surface area contributed by atoms with Crippen LogP contribution in [-0.4, -0.2) is 61.6 Å². The number of sulfonamides is 1. The van der Waals surface area contributed by atoms with Gasteiger partial charge in [0.1, 0.15) is 5.82 Å². The number of hydrogen-bond donors (Lipinski definition) is 1. The first-order chi connectivity index (χ1) is 16.1. The number of carbonyl (C=O) groups is 1. The summed E-state index contributed by atoms with van der Waals surface area (Å²) in [4.78, 5) is 20.9. The summed E-state index contributed by atoms with van der Waals surface area (Å²) in [6, 6.07) is 10.1. The topological polar surface area (TPSA) is 109 Å². The Morgan fingerprint density at radius 3 is 2.38 bits per heavy atom. The van der Waals surface area contributed by atoms with Crippen molar-refractivity contribution in [3.63, 3.8) is 0 Å². The second-order valence-corrected chi connectivity index (χ2v) is 9.93. The maximum atomic E-state index is 13.2. The van der Waals surface area contributed by atoms with E-state index >= 15 is 0 Å². The van der Waals surface area contributed by atoms with Crippen LogP contribution >= 0.6 is 0 Å². The van der Waals surface area contributed by atoms with Crippen molar-refractivity contribution in [3.8, 4) is 11.4 Å². The third-order valence-corrected chi connectivity index (χ3v) is 7.43. The SMILES string of the molecule is Cc1nc(-c2ccc(C)c(S(=O)(=O)NC(C)C(=O)N3CCN(c4ccc(F)cc4)CC3)c2)no1. The van der Waals surface area contributed by atoms with Gasteiger partial charge in [0.15, 0.2) is 0 Å². The van der Waals surface area contributed by atoms with Crippen LogP contribution in [0.5, 0.6) is 0 Å². The largest absolute Gasteiger partial charge is 0.368 e. The Labute approximate surface area is 197 Å². The number of anilines is 1. The molecule has 1 aromatic heterocycles. The van der Waals surface area contributed by atoms with E-state index in [0.29, 0.717) is 43.2 Å². The Bertz CT molecular complexity index is 1280. The highest BCUT2D eigenvalue weighted by Gasteiger charge is 2.29. The lowest BCUT2D eigenvalue weighted by Crippen LogP contribution is -2.54. The molecule has 1 atom stereocenters. The van der Waals surface area contributed by atoms with Gasteiger partial charge in [-0.1, -0.05) is 17.3 Å². The Hall–Kier alpha value is -3.31. The maximum absolute atomic E-state index is 13.2. The summed E-state index contributed by atoms with van der Waals surface area (Å²) in [5.41, 5.74) is 1.91. The van der Waals surface area contributed by atoms with Crippen LogP contribution in [-0.2, 0) is 14.8 Å². The number of nitrogens with one attached hydrogen (secondary N) is 1. The fraction of sp³-hybridized carbons (Fsp3) is 0.348. The van der Waals surface area contributed by atoms with Crippen molar-refractivity contribution in [2.45, 2.75) is 31.7 Å². The third kappa shape index (κ3) is 5.10. The van der Waals surface area contributed by atoms with Gasteiger partial charge in [-0.05, 0) is 49.7 Å². The molecule has 2 aromatic carbocycles. The number of benzene rings is 2. The van der Waals surface area contributed by atoms with Crippen molar-refractivity contribution in [1.29, 1.82) is 0 Å². The number of amides is 1. The third-order valence-electron chi connectivity index (χ3n) is 5.75. The normalized spacial score (nSPS) is 15.4. The highest BCUT2D eigenvalue weighted by atomic mass is 32.2. The molecule has 34 heavy (non-hydrogen) atoms. The molecule has 1 saturated heterocycles. The zero-order valence-corrected chi connectivity index (χ0v) is 20.0. The molecular weight excluding hydrogens is 461 g/mol. The van der Waals surface area contributed by atoms with Crippen LogP contribution in [0.15, 0.2) is 51.9 Å². The van der Waals surface area contributed by atoms with E-state index in [4.69, 9.17) is 4.52 Å². The molecule has 1 aliphatic rings. The standard InChI is InChI=1S/C23H26FN5O4S/c1-15-4-5-18(22-25-17(3)33-26-22)14-21(15)34(31,32)27-16(2)23(30)29-12-10-28(11-13-29)20-8-6-19(24)7-9-20/h4-9,14,16,27H,10-13H2,1-3H3. The summed E-state index contributed by atoms with van der Waals surface area (Å²) in [5, 5.41) is 3.84. The van der Waals surface area contributed by atoms with E-state index in [2.05, 4.69) is 19.8 Å². The number of hydrogen-bond acceptors (Lipinski definition) is 7. The molecule has 180 valence electrons. The van der Waals surface area contributed by atoms with Gasteiger partial charge in [-0.3, -0.25) is 4.79 Å². The van der Waals surface area contributed by atoms with Crippen LogP contribution in [0.3, 0.4) is 0 Å². The average Bonchev–Trinajstić information content (AvgIpc) is 3.25. The summed E-state index contributed by atoms with van der Waals surface area (Å²) >= 11 is 0. The number of piperazine rings is 1. The fourth-order valence-electron chi connectivity index (χ4n) is 3.90. The minimum Gasteiger partial charge on any atom is -0.368 e. The molecule has 11 heteroatoms. The number of rotatable bonds is 6. The molecule has 1 N–H and O–H groups in total. The van der Waals surface area contributed by atoms with E-state index < -0.39 is 16.1 Å². The van der Waals surface area contributed by atoms with Crippen molar-refractivity contribution in [2.24, 2.45) is 0 Å². The second-order valence-electron chi connectivity index (χ2n) is 8.25. The molecule has 0 aliphatic carbocycles. The molecular formula is C23H26FN5O4S. The van der Waals surface area contributed by atoms with E-state index in [1.165, 1.54) is 25.1 Å². The molecule has 3 aromatic rings. The molecule has 0 saturated carbocycles. The first kappa shape index (κ1) is 23.8. The van der Waals surface area contributed by atoms with Gasteiger partial charge in [0.2, 0.25) is 27.6 Å². The molecule has 0 spiro atoms. The number of halogens is 1. The number of aromatic nitrogens is 2. The van der Waals surface area contributed by atoms with Gasteiger partial charge in [-0.2, -0.15) is 9.71 Å². The summed E-state index contributed by atoms with van der Waals surface area (Å²) in [6.07, 6.45) is 0. The Morgan fingerprint density at radius 1 is 1.09 bits per heavy atom. The van der Waals surface area contributed by atoms with Gasteiger partial charge in [0, 0.05) is 44.4 Å². The van der Waals surface area contributed by atoms with Crippen molar-refractivity contribution >= 4 is 21.6 Å². The first-order valence-electron chi connectivity index (χ1n) is 10.9. The van der Waals surface area contributed by atoms with Crippen molar-refractivity contribution < 1.29 is 22.1 Å². The quantitative estimate of drug-likeness (QED) is 0.569. The summed E-state index contributed by atoms with van der Waals surface area (Å²) in [7, 11) is -3.99. The van der Waals surface area contributed by atoms with Crippen molar-refractivity contribution in [1.82, 2.24) is 19.8 Å². The van der Waals surface area contributed by atoms with Gasteiger partial charge in [0.05, 0.1) is 10.9 Å². The summed E-state index contributed by atoms with van der Waals surface area (Å²) < 4.78 is 46.9. The molecule has 1 fully saturated rings. The van der Waals surface area contributed by atoms with Gasteiger partial charge >= 0.3 is 0 Å². The van der Waals surface area contributed by atoms with E-state index in [0.717, 1.165) is 5.69 Å². The molecule has 2 heterocycles. The zero-order chi connectivity index (χ0) is 24.5. The lowest BCUT2D eigenvalue weighted by Gasteiger charge is -2.37. The smallest absolute Gasteiger partial charge is 0.241 e. The molecule has 1 aliphatic heterocycles. The van der Waals surface area contributed by atoms with Crippen molar-refractivity contribution in [2.75, 3.05) is 31.1 Å². The molecule has 9 nitrogen and oxygen atoms in total. The first-order valence-corrected chi connectivity index (χ1v) is 12.4. The predicted molar refractivity (Wildman–Crippen MR) is 124 cm³/mol. The summed E-state index contributed by atoms with van der Waals surface area (Å²) in [6.45, 7) is 6.89. The van der Waals surface area contributed by atoms with E-state index in [1.807, 2.05) is 0 Å². The van der Waals surface area contributed by atoms with Gasteiger partial charge < -0.3 is 14.3 Å². The molecule has 1 unspecified atom stereocenters. The van der Waals surface area contributed by atoms with Gasteiger partial charge in [-0.25, -0.2) is 12.8 Å². The van der Waals surface area contributed by atoms with Gasteiger partial charge in [-0.15, -0.1) is 0 Å². The fourth-order valence-corrected chi connectivity index (χ4v) is 5.37. The van der Waals surface area contributed by atoms with E-state index in [9.17, 15) is 17.6 Å². The Balaban J connectivity index is 1.42. The number of carbonyl (C=O) groups excluding carboxylic acids is 1. The number of aryl methyl sites for hydroxylation is 2. The Morgan fingerprint density at radius 2 is 1.76 bits per heavy atom. The Kier molecular flexibility index (Phi) is 6.67. The van der Waals surface area contributed by atoms with E-state index in [-0.39, 0.29) is 22.4 Å². The lowest BCUT2D eigenvalue weighted by molar-refractivity contribution is -0.132. The average molecular weight is 488 g/mol. The molecule has 0 radical (unpaired) electrons. The molecule has 4 rings (SSSR count). The van der Waals surface area contributed by atoms with Gasteiger partial charge in [0.25, 0.3) is 0 Å². The molecule has 1 amide bonds. The minimum atomic E-state index is -3.99. The van der Waals surface area contributed by atoms with Crippen LogP contribution < -0.4 is 9.62 Å². The zero-order valence-electron chi connectivity index (χ0n) is 19.2. The van der Waals surface area contributed by atoms with Crippen molar-refractivity contribution in [3.05, 3.63) is 59.7 Å². The number of nitrogens with zero attached hydrogens (tertiary/aromatic N) is 4. The highest BCUT2D eigenvalue weighted by Crippen LogP contribution is 2.24.